The molecule has 0 aromatic heterocycles. The fourth-order valence-corrected chi connectivity index (χ4v) is 2.86. The summed E-state index contributed by atoms with van der Waals surface area (Å²) in [5, 5.41) is 2.84. The first-order valence-electron chi connectivity index (χ1n) is 8.05. The molecule has 6 heteroatoms. The topological polar surface area (TPSA) is 75.4 Å². The van der Waals surface area contributed by atoms with Crippen LogP contribution in [0.3, 0.4) is 0 Å². The van der Waals surface area contributed by atoms with Crippen molar-refractivity contribution in [1.82, 2.24) is 5.32 Å². The Morgan fingerprint density at radius 2 is 1.80 bits per heavy atom. The molecule has 25 heavy (non-hydrogen) atoms. The number of carbonyl (C=O) groups excluding carboxylic acids is 2. The zero-order valence-corrected chi connectivity index (χ0v) is 14.9. The molecule has 0 spiro atoms. The first kappa shape index (κ1) is 18.8. The van der Waals surface area contributed by atoms with Crippen LogP contribution in [0.25, 0.3) is 0 Å². The fraction of sp³-hybridized carbons (Fsp3) is 0.263. The number of nitrogens with zero attached hydrogens (tertiary/aromatic N) is 1. The lowest BCUT2D eigenvalue weighted by Gasteiger charge is -2.17. The van der Waals surface area contributed by atoms with Crippen molar-refractivity contribution in [2.75, 3.05) is 17.2 Å². The number of nitrogens with one attached hydrogen (secondary N) is 1. The number of aryl methyl sites for hydroxylation is 1. The minimum atomic E-state index is -0.451. The third-order valence-corrected chi connectivity index (χ3v) is 4.23. The van der Waals surface area contributed by atoms with Gasteiger partial charge < -0.3 is 16.0 Å². The molecular formula is C19H22ClN3O2. The number of rotatable bonds is 4. The summed E-state index contributed by atoms with van der Waals surface area (Å²) in [6.07, 6.45) is 0.870. The quantitative estimate of drug-likeness (QED) is 0.823. The minimum absolute atomic E-state index is 0. The molecule has 1 unspecified atom stereocenters. The lowest BCUT2D eigenvalue weighted by atomic mass is 10.1. The molecule has 0 radical (unpaired) electrons. The molecule has 2 aromatic carbocycles. The summed E-state index contributed by atoms with van der Waals surface area (Å²) in [5.41, 5.74) is 9.21. The zero-order valence-electron chi connectivity index (χ0n) is 14.1. The minimum Gasteiger partial charge on any atom is -0.399 e. The van der Waals surface area contributed by atoms with Crippen LogP contribution in [0.1, 0.15) is 17.5 Å². The van der Waals surface area contributed by atoms with E-state index in [9.17, 15) is 9.59 Å². The van der Waals surface area contributed by atoms with Crippen LogP contribution in [0.2, 0.25) is 0 Å². The number of anilines is 2. The number of carbonyl (C=O) groups is 2. The Kier molecular flexibility index (Phi) is 6.04. The second kappa shape index (κ2) is 8.03. The van der Waals surface area contributed by atoms with E-state index in [0.717, 1.165) is 16.8 Å². The van der Waals surface area contributed by atoms with Gasteiger partial charge >= 0.3 is 0 Å². The van der Waals surface area contributed by atoms with Crippen molar-refractivity contribution >= 4 is 35.6 Å². The Hall–Kier alpha value is -2.53. The Morgan fingerprint density at radius 1 is 1.16 bits per heavy atom. The summed E-state index contributed by atoms with van der Waals surface area (Å²) in [6.45, 7) is 2.63. The lowest BCUT2D eigenvalue weighted by Crippen LogP contribution is -2.42. The number of amides is 2. The monoisotopic (exact) mass is 359 g/mol. The van der Waals surface area contributed by atoms with Crippen LogP contribution in [0.4, 0.5) is 11.4 Å². The average Bonchev–Trinajstić information content (AvgIpc) is 2.91. The van der Waals surface area contributed by atoms with E-state index in [0.29, 0.717) is 18.7 Å². The highest BCUT2D eigenvalue weighted by atomic mass is 35.5. The van der Waals surface area contributed by atoms with Crippen molar-refractivity contribution in [3.8, 4) is 0 Å². The second-order valence-corrected chi connectivity index (χ2v) is 6.15. The van der Waals surface area contributed by atoms with Gasteiger partial charge in [-0.3, -0.25) is 9.59 Å². The van der Waals surface area contributed by atoms with Crippen molar-refractivity contribution in [2.24, 2.45) is 0 Å². The number of nitrogen functional groups attached to an aromatic ring is 1. The van der Waals surface area contributed by atoms with E-state index in [4.69, 9.17) is 5.73 Å². The lowest BCUT2D eigenvalue weighted by molar-refractivity contribution is -0.126. The Bertz CT molecular complexity index is 744. The van der Waals surface area contributed by atoms with Gasteiger partial charge in [-0.05, 0) is 43.2 Å². The van der Waals surface area contributed by atoms with Gasteiger partial charge in [-0.15, -0.1) is 12.4 Å². The average molecular weight is 360 g/mol. The van der Waals surface area contributed by atoms with Crippen LogP contribution in [0, 0.1) is 6.92 Å². The summed E-state index contributed by atoms with van der Waals surface area (Å²) >= 11 is 0. The molecule has 1 saturated heterocycles. The first-order chi connectivity index (χ1) is 11.5. The molecule has 132 valence electrons. The van der Waals surface area contributed by atoms with E-state index < -0.39 is 6.04 Å². The molecule has 2 aromatic rings. The van der Waals surface area contributed by atoms with Gasteiger partial charge in [-0.1, -0.05) is 29.8 Å². The predicted octanol–water partition coefficient (Wildman–Crippen LogP) is 2.46. The van der Waals surface area contributed by atoms with Crippen molar-refractivity contribution in [1.29, 1.82) is 0 Å². The second-order valence-electron chi connectivity index (χ2n) is 6.15. The van der Waals surface area contributed by atoms with Gasteiger partial charge in [0, 0.05) is 17.9 Å². The van der Waals surface area contributed by atoms with Gasteiger partial charge in [0.2, 0.25) is 11.8 Å². The molecule has 0 bridgehead atoms. The van der Waals surface area contributed by atoms with Crippen molar-refractivity contribution in [3.05, 3.63) is 59.7 Å². The van der Waals surface area contributed by atoms with Crippen LogP contribution in [0.5, 0.6) is 0 Å². The Labute approximate surface area is 153 Å². The van der Waals surface area contributed by atoms with E-state index in [1.807, 2.05) is 43.3 Å². The third-order valence-electron chi connectivity index (χ3n) is 4.23. The summed E-state index contributed by atoms with van der Waals surface area (Å²) in [5.74, 6) is -0.201. The highest BCUT2D eigenvalue weighted by molar-refractivity contribution is 6.01. The molecule has 1 atom stereocenters. The fourth-order valence-electron chi connectivity index (χ4n) is 2.86. The third kappa shape index (κ3) is 4.51. The molecule has 0 aliphatic carbocycles. The highest BCUT2D eigenvalue weighted by Gasteiger charge is 2.33. The van der Waals surface area contributed by atoms with E-state index in [2.05, 4.69) is 5.32 Å². The molecule has 3 N–H and O–H groups in total. The van der Waals surface area contributed by atoms with Crippen LogP contribution in [-0.2, 0) is 16.0 Å². The van der Waals surface area contributed by atoms with Gasteiger partial charge in [-0.2, -0.15) is 0 Å². The summed E-state index contributed by atoms with van der Waals surface area (Å²) < 4.78 is 0. The van der Waals surface area contributed by atoms with Gasteiger partial charge in [0.05, 0.1) is 6.42 Å². The van der Waals surface area contributed by atoms with Crippen LogP contribution < -0.4 is 16.0 Å². The van der Waals surface area contributed by atoms with Gasteiger partial charge in [0.25, 0.3) is 0 Å². The van der Waals surface area contributed by atoms with Gasteiger partial charge in [0.1, 0.15) is 6.04 Å². The summed E-state index contributed by atoms with van der Waals surface area (Å²) in [4.78, 5) is 26.4. The standard InChI is InChI=1S/C19H21N3O2.ClH/c1-13-2-8-16(9-3-13)22-11-10-17(19(22)24)21-18(23)12-14-4-6-15(20)7-5-14;/h2-9,17H,10-12,20H2,1H3,(H,21,23);1H. The van der Waals surface area contributed by atoms with Crippen molar-refractivity contribution < 1.29 is 9.59 Å². The van der Waals surface area contributed by atoms with Crippen LogP contribution >= 0.6 is 12.4 Å². The predicted molar refractivity (Wildman–Crippen MR) is 102 cm³/mol. The smallest absolute Gasteiger partial charge is 0.249 e. The number of halogens is 1. The number of hydrogen-bond acceptors (Lipinski definition) is 3. The number of benzene rings is 2. The molecule has 5 nitrogen and oxygen atoms in total. The molecule has 3 rings (SSSR count). The largest absolute Gasteiger partial charge is 0.399 e. The van der Waals surface area contributed by atoms with Crippen molar-refractivity contribution in [3.63, 3.8) is 0 Å². The van der Waals surface area contributed by atoms with E-state index in [1.54, 1.807) is 17.0 Å². The van der Waals surface area contributed by atoms with E-state index in [-0.39, 0.29) is 30.6 Å². The summed E-state index contributed by atoms with van der Waals surface area (Å²) in [7, 11) is 0. The van der Waals surface area contributed by atoms with Crippen molar-refractivity contribution in [2.45, 2.75) is 25.8 Å². The molecule has 0 saturated carbocycles. The molecule has 1 aliphatic heterocycles. The van der Waals surface area contributed by atoms with E-state index >= 15 is 0 Å². The van der Waals surface area contributed by atoms with Gasteiger partial charge in [-0.25, -0.2) is 0 Å². The van der Waals surface area contributed by atoms with Gasteiger partial charge in [0.15, 0.2) is 0 Å². The number of nitrogens with two attached hydrogens (primary N) is 1. The van der Waals surface area contributed by atoms with Crippen LogP contribution in [0.15, 0.2) is 48.5 Å². The van der Waals surface area contributed by atoms with E-state index in [1.165, 1.54) is 0 Å². The van der Waals surface area contributed by atoms with Crippen LogP contribution in [-0.4, -0.2) is 24.4 Å². The maximum absolute atomic E-state index is 12.5. The SMILES string of the molecule is Cc1ccc(N2CCC(NC(=O)Cc3ccc(N)cc3)C2=O)cc1.Cl. The molecule has 1 aliphatic rings. The molecule has 2 amide bonds. The molecule has 1 fully saturated rings. The number of hydrogen-bond donors (Lipinski definition) is 2. The highest BCUT2D eigenvalue weighted by Crippen LogP contribution is 2.22. The maximum atomic E-state index is 12.5. The summed E-state index contributed by atoms with van der Waals surface area (Å²) in [6, 6.07) is 14.6. The zero-order chi connectivity index (χ0) is 17.1. The molecular weight excluding hydrogens is 338 g/mol. The normalized spacial score (nSPS) is 16.4. The Morgan fingerprint density at radius 3 is 2.44 bits per heavy atom. The Balaban J connectivity index is 0.00000225. The first-order valence-corrected chi connectivity index (χ1v) is 8.05. The maximum Gasteiger partial charge on any atom is 0.249 e. The molecule has 1 heterocycles.